The molecule has 0 saturated heterocycles. The fourth-order valence-corrected chi connectivity index (χ4v) is 1.46. The first-order chi connectivity index (χ1) is 7.88. The van der Waals surface area contributed by atoms with E-state index >= 15 is 0 Å². The number of aliphatic carboxylic acids is 1. The minimum absolute atomic E-state index is 0.0300. The number of oxazole rings is 1. The van der Waals surface area contributed by atoms with Gasteiger partial charge in [0.05, 0.1) is 5.52 Å². The first-order valence-corrected chi connectivity index (χ1v) is 4.61. The Morgan fingerprint density at radius 1 is 1.47 bits per heavy atom. The van der Waals surface area contributed by atoms with Crippen LogP contribution in [-0.4, -0.2) is 16.1 Å². The van der Waals surface area contributed by atoms with Gasteiger partial charge in [-0.2, -0.15) is 0 Å². The van der Waals surface area contributed by atoms with Crippen molar-refractivity contribution in [1.82, 2.24) is 4.98 Å². The van der Waals surface area contributed by atoms with E-state index in [4.69, 9.17) is 5.11 Å². The quantitative estimate of drug-likeness (QED) is 0.859. The molecule has 2 rings (SSSR count). The smallest absolute Gasteiger partial charge is 0.417 e. The third-order valence-electron chi connectivity index (χ3n) is 2.22. The third kappa shape index (κ3) is 2.17. The number of nitrogens with one attached hydrogen (secondary N) is 1. The lowest BCUT2D eigenvalue weighted by Crippen LogP contribution is -2.18. The summed E-state index contributed by atoms with van der Waals surface area (Å²) in [4.78, 5) is 23.4. The molecule has 1 heterocycles. The van der Waals surface area contributed by atoms with Crippen molar-refractivity contribution in [3.05, 3.63) is 34.3 Å². The molecule has 7 heteroatoms. The van der Waals surface area contributed by atoms with Crippen LogP contribution in [0.4, 0.5) is 8.78 Å². The summed E-state index contributed by atoms with van der Waals surface area (Å²) in [6, 6.07) is 3.25. The first-order valence-electron chi connectivity index (χ1n) is 4.61. The highest BCUT2D eigenvalue weighted by molar-refractivity contribution is 5.74. The minimum Gasteiger partial charge on any atom is -0.481 e. The molecule has 2 N–H and O–H groups in total. The van der Waals surface area contributed by atoms with Gasteiger partial charge in [-0.25, -0.2) is 13.6 Å². The van der Waals surface area contributed by atoms with E-state index < -0.39 is 29.6 Å². The lowest BCUT2D eigenvalue weighted by atomic mass is 10.1. The van der Waals surface area contributed by atoms with Crippen molar-refractivity contribution in [3.8, 4) is 0 Å². The molecule has 0 bridgehead atoms. The highest BCUT2D eigenvalue weighted by Crippen LogP contribution is 2.32. The van der Waals surface area contributed by atoms with Crippen LogP contribution in [0.1, 0.15) is 12.0 Å². The van der Waals surface area contributed by atoms with Gasteiger partial charge < -0.3 is 9.52 Å². The number of alkyl halides is 2. The Morgan fingerprint density at radius 2 is 2.18 bits per heavy atom. The summed E-state index contributed by atoms with van der Waals surface area (Å²) in [6.07, 6.45) is -1.31. The highest BCUT2D eigenvalue weighted by atomic mass is 19.3. The molecule has 1 aromatic heterocycles. The Balaban J connectivity index is 2.48. The van der Waals surface area contributed by atoms with Gasteiger partial charge in [-0.05, 0) is 12.1 Å². The van der Waals surface area contributed by atoms with Crippen molar-refractivity contribution in [2.45, 2.75) is 12.3 Å². The molecule has 5 nitrogen and oxygen atoms in total. The lowest BCUT2D eigenvalue weighted by Gasteiger charge is -2.13. The summed E-state index contributed by atoms with van der Waals surface area (Å²) in [7, 11) is 0. The van der Waals surface area contributed by atoms with Crippen LogP contribution >= 0.6 is 0 Å². The maximum atomic E-state index is 13.4. The second-order valence-corrected chi connectivity index (χ2v) is 3.50. The Hall–Kier alpha value is -2.18. The minimum atomic E-state index is -3.50. The Bertz CT molecular complexity index is 629. The first kappa shape index (κ1) is 11.3. The van der Waals surface area contributed by atoms with E-state index in [-0.39, 0.29) is 11.1 Å². The predicted molar refractivity (Wildman–Crippen MR) is 53.0 cm³/mol. The van der Waals surface area contributed by atoms with Crippen molar-refractivity contribution in [2.24, 2.45) is 0 Å². The largest absolute Gasteiger partial charge is 0.481 e. The maximum absolute atomic E-state index is 13.4. The topological polar surface area (TPSA) is 83.3 Å². The van der Waals surface area contributed by atoms with Crippen LogP contribution in [0.3, 0.4) is 0 Å². The van der Waals surface area contributed by atoms with Gasteiger partial charge in [0.15, 0.2) is 5.58 Å². The van der Waals surface area contributed by atoms with Gasteiger partial charge in [0.25, 0.3) is 5.92 Å². The molecular formula is C10H7F2NO4. The van der Waals surface area contributed by atoms with Gasteiger partial charge in [0, 0.05) is 5.56 Å². The number of aromatic amines is 1. The number of rotatable bonds is 3. The molecule has 1 aromatic carbocycles. The van der Waals surface area contributed by atoms with Crippen LogP contribution in [0.5, 0.6) is 0 Å². The summed E-state index contributed by atoms with van der Waals surface area (Å²) in [6.45, 7) is 0. The van der Waals surface area contributed by atoms with E-state index in [1.165, 1.54) is 6.07 Å². The molecule has 0 saturated carbocycles. The van der Waals surface area contributed by atoms with E-state index in [9.17, 15) is 18.4 Å². The Morgan fingerprint density at radius 3 is 2.82 bits per heavy atom. The lowest BCUT2D eigenvalue weighted by molar-refractivity contribution is -0.145. The highest BCUT2D eigenvalue weighted by Gasteiger charge is 2.35. The zero-order valence-corrected chi connectivity index (χ0v) is 8.37. The fourth-order valence-electron chi connectivity index (χ4n) is 1.46. The van der Waals surface area contributed by atoms with Crippen molar-refractivity contribution in [3.63, 3.8) is 0 Å². The molecule has 2 aromatic rings. The Labute approximate surface area is 92.7 Å². The average molecular weight is 243 g/mol. The molecule has 0 amide bonds. The van der Waals surface area contributed by atoms with Gasteiger partial charge in [-0.15, -0.1) is 0 Å². The number of carbonyl (C=O) groups is 1. The molecule has 0 aliphatic heterocycles. The van der Waals surface area contributed by atoms with E-state index in [1.54, 1.807) is 0 Å². The summed E-state index contributed by atoms with van der Waals surface area (Å²) in [5.41, 5.74) is -0.252. The van der Waals surface area contributed by atoms with Crippen molar-refractivity contribution < 1.29 is 23.1 Å². The predicted octanol–water partition coefficient (Wildman–Crippen LogP) is 1.69. The molecule has 0 spiro atoms. The summed E-state index contributed by atoms with van der Waals surface area (Å²) in [5.74, 6) is -5.86. The maximum Gasteiger partial charge on any atom is 0.417 e. The van der Waals surface area contributed by atoms with Gasteiger partial charge in [0.1, 0.15) is 6.42 Å². The molecular weight excluding hydrogens is 236 g/mol. The molecule has 0 unspecified atom stereocenters. The molecule has 0 aliphatic carbocycles. The van der Waals surface area contributed by atoms with Crippen molar-refractivity contribution in [1.29, 1.82) is 0 Å². The zero-order chi connectivity index (χ0) is 12.6. The summed E-state index contributed by atoms with van der Waals surface area (Å²) < 4.78 is 31.5. The SMILES string of the molecule is O=C(O)CC(F)(F)c1ccc2[nH]c(=O)oc2c1. The number of benzene rings is 1. The van der Waals surface area contributed by atoms with Crippen LogP contribution < -0.4 is 5.76 Å². The number of hydrogen-bond acceptors (Lipinski definition) is 3. The molecule has 0 radical (unpaired) electrons. The number of hydrogen-bond donors (Lipinski definition) is 2. The van der Waals surface area contributed by atoms with Crippen LogP contribution in [0.2, 0.25) is 0 Å². The van der Waals surface area contributed by atoms with E-state index in [0.29, 0.717) is 0 Å². The van der Waals surface area contributed by atoms with Gasteiger partial charge in [-0.3, -0.25) is 9.78 Å². The molecule has 17 heavy (non-hydrogen) atoms. The van der Waals surface area contributed by atoms with E-state index in [0.717, 1.165) is 12.1 Å². The van der Waals surface area contributed by atoms with Gasteiger partial charge in [-0.1, -0.05) is 6.07 Å². The number of carboxylic acids is 1. The Kier molecular flexibility index (Phi) is 2.45. The number of H-pyrrole nitrogens is 1. The van der Waals surface area contributed by atoms with Crippen LogP contribution in [0.15, 0.2) is 27.4 Å². The fraction of sp³-hybridized carbons (Fsp3) is 0.200. The van der Waals surface area contributed by atoms with Crippen LogP contribution in [0, 0.1) is 0 Å². The third-order valence-corrected chi connectivity index (χ3v) is 2.22. The molecule has 90 valence electrons. The summed E-state index contributed by atoms with van der Waals surface area (Å²) in [5, 5.41) is 8.37. The number of fused-ring (bicyclic) bond motifs is 1. The normalized spacial score (nSPS) is 11.9. The molecule has 0 fully saturated rings. The second-order valence-electron chi connectivity index (χ2n) is 3.50. The standard InChI is InChI=1S/C10H7F2NO4/c11-10(12,4-8(14)15)5-1-2-6-7(3-5)17-9(16)13-6/h1-3H,4H2,(H,13,16)(H,14,15). The number of halogens is 2. The van der Waals surface area contributed by atoms with Crippen molar-refractivity contribution in [2.75, 3.05) is 0 Å². The van der Waals surface area contributed by atoms with Crippen LogP contribution in [0.25, 0.3) is 11.1 Å². The number of carboxylic acid groups (broad SMARTS) is 1. The monoisotopic (exact) mass is 243 g/mol. The van der Waals surface area contributed by atoms with Crippen LogP contribution in [-0.2, 0) is 10.7 Å². The van der Waals surface area contributed by atoms with E-state index in [2.05, 4.69) is 9.40 Å². The molecule has 0 atom stereocenters. The van der Waals surface area contributed by atoms with E-state index in [1.807, 2.05) is 0 Å². The number of aromatic nitrogens is 1. The van der Waals surface area contributed by atoms with Gasteiger partial charge >= 0.3 is 11.7 Å². The summed E-state index contributed by atoms with van der Waals surface area (Å²) >= 11 is 0. The van der Waals surface area contributed by atoms with Crippen molar-refractivity contribution >= 4 is 17.1 Å². The zero-order valence-electron chi connectivity index (χ0n) is 8.37. The average Bonchev–Trinajstić information content (AvgIpc) is 2.54. The molecule has 0 aliphatic rings. The second kappa shape index (κ2) is 3.69. The van der Waals surface area contributed by atoms with Gasteiger partial charge in [0.2, 0.25) is 0 Å².